The number of rotatable bonds is 2. The third kappa shape index (κ3) is 3.47. The van der Waals surface area contributed by atoms with Crippen LogP contribution in [0.2, 0.25) is 5.15 Å². The van der Waals surface area contributed by atoms with Crippen LogP contribution in [0.25, 0.3) is 0 Å². The van der Waals surface area contributed by atoms with E-state index in [4.69, 9.17) is 16.3 Å². The average Bonchev–Trinajstić information content (AvgIpc) is 2.25. The number of halogens is 2. The predicted molar refractivity (Wildman–Crippen MR) is 65.5 cm³/mol. The Hall–Kier alpha value is -0.580. The van der Waals surface area contributed by atoms with Gasteiger partial charge >= 0.3 is 6.01 Å². The molecular weight excluding hydrogens is 249 g/mol. The van der Waals surface area contributed by atoms with Gasteiger partial charge in [-0.05, 0) is 26.3 Å². The summed E-state index contributed by atoms with van der Waals surface area (Å²) in [5.74, 6) is 0. The summed E-state index contributed by atoms with van der Waals surface area (Å²) in [7, 11) is 0. The molecule has 1 aliphatic rings. The highest BCUT2D eigenvalue weighted by atomic mass is 35.5. The fraction of sp³-hybridized carbons (Fsp3) is 0.600. The SMILES string of the molecule is Cc1cnc(O[C@@H]2CCCNC2)nc1Cl.Cl. The van der Waals surface area contributed by atoms with E-state index in [0.29, 0.717) is 11.2 Å². The Morgan fingerprint density at radius 3 is 3.00 bits per heavy atom. The van der Waals surface area contributed by atoms with E-state index in [9.17, 15) is 0 Å². The number of nitrogens with one attached hydrogen (secondary N) is 1. The van der Waals surface area contributed by atoms with Gasteiger partial charge in [0.05, 0.1) is 0 Å². The maximum Gasteiger partial charge on any atom is 0.318 e. The summed E-state index contributed by atoms with van der Waals surface area (Å²) in [6.45, 7) is 3.79. The van der Waals surface area contributed by atoms with Crippen LogP contribution in [-0.4, -0.2) is 29.2 Å². The molecule has 1 aliphatic heterocycles. The summed E-state index contributed by atoms with van der Waals surface area (Å²) < 4.78 is 5.62. The van der Waals surface area contributed by atoms with Crippen LogP contribution in [0.15, 0.2) is 6.20 Å². The van der Waals surface area contributed by atoms with Gasteiger partial charge in [-0.25, -0.2) is 4.98 Å². The van der Waals surface area contributed by atoms with Gasteiger partial charge in [0.2, 0.25) is 0 Å². The van der Waals surface area contributed by atoms with Crippen molar-refractivity contribution in [3.05, 3.63) is 16.9 Å². The second-order valence-electron chi connectivity index (χ2n) is 3.71. The number of piperidine rings is 1. The smallest absolute Gasteiger partial charge is 0.318 e. The largest absolute Gasteiger partial charge is 0.459 e. The Balaban J connectivity index is 0.00000128. The van der Waals surface area contributed by atoms with E-state index in [1.165, 1.54) is 0 Å². The summed E-state index contributed by atoms with van der Waals surface area (Å²) in [5, 5.41) is 3.73. The summed E-state index contributed by atoms with van der Waals surface area (Å²) in [6, 6.07) is 0.374. The Morgan fingerprint density at radius 1 is 1.56 bits per heavy atom. The first-order chi connectivity index (χ1) is 7.25. The van der Waals surface area contributed by atoms with Gasteiger partial charge in [-0.15, -0.1) is 12.4 Å². The Kier molecular flexibility index (Phi) is 5.25. The molecule has 1 fully saturated rings. The van der Waals surface area contributed by atoms with Crippen LogP contribution in [0, 0.1) is 6.92 Å². The molecule has 0 saturated carbocycles. The molecule has 2 rings (SSSR count). The number of hydrogen-bond acceptors (Lipinski definition) is 4. The quantitative estimate of drug-likeness (QED) is 0.830. The summed E-state index contributed by atoms with van der Waals surface area (Å²) in [4.78, 5) is 8.16. The third-order valence-corrected chi connectivity index (χ3v) is 2.79. The van der Waals surface area contributed by atoms with E-state index in [1.54, 1.807) is 6.20 Å². The second-order valence-corrected chi connectivity index (χ2v) is 4.07. The average molecular weight is 264 g/mol. The van der Waals surface area contributed by atoms with Gasteiger partial charge in [-0.2, -0.15) is 4.98 Å². The van der Waals surface area contributed by atoms with Crippen molar-refractivity contribution in [1.82, 2.24) is 15.3 Å². The molecule has 0 aliphatic carbocycles. The highest BCUT2D eigenvalue weighted by molar-refractivity contribution is 6.30. The van der Waals surface area contributed by atoms with Crippen molar-refractivity contribution in [2.24, 2.45) is 0 Å². The first kappa shape index (κ1) is 13.5. The molecule has 1 saturated heterocycles. The lowest BCUT2D eigenvalue weighted by molar-refractivity contribution is 0.153. The van der Waals surface area contributed by atoms with Crippen molar-refractivity contribution >= 4 is 24.0 Å². The fourth-order valence-corrected chi connectivity index (χ4v) is 1.65. The molecule has 16 heavy (non-hydrogen) atoms. The molecule has 0 spiro atoms. The maximum absolute atomic E-state index is 5.88. The van der Waals surface area contributed by atoms with Crippen molar-refractivity contribution in [2.75, 3.05) is 13.1 Å². The number of ether oxygens (including phenoxy) is 1. The van der Waals surface area contributed by atoms with E-state index in [1.807, 2.05) is 6.92 Å². The van der Waals surface area contributed by atoms with Crippen LogP contribution in [0.3, 0.4) is 0 Å². The number of aryl methyl sites for hydroxylation is 1. The highest BCUT2D eigenvalue weighted by Crippen LogP contribution is 2.16. The van der Waals surface area contributed by atoms with E-state index in [-0.39, 0.29) is 18.5 Å². The predicted octanol–water partition coefficient (Wildman–Crippen LogP) is 1.99. The van der Waals surface area contributed by atoms with Crippen molar-refractivity contribution in [2.45, 2.75) is 25.9 Å². The van der Waals surface area contributed by atoms with Crippen molar-refractivity contribution in [1.29, 1.82) is 0 Å². The Morgan fingerprint density at radius 2 is 2.38 bits per heavy atom. The summed E-state index contributed by atoms with van der Waals surface area (Å²) >= 11 is 5.88. The first-order valence-electron chi connectivity index (χ1n) is 5.12. The number of nitrogens with zero attached hydrogens (tertiary/aromatic N) is 2. The first-order valence-corrected chi connectivity index (χ1v) is 5.50. The second kappa shape index (κ2) is 6.23. The van der Waals surface area contributed by atoms with Gasteiger partial charge < -0.3 is 10.1 Å². The van der Waals surface area contributed by atoms with Crippen molar-refractivity contribution < 1.29 is 4.74 Å². The van der Waals surface area contributed by atoms with Crippen LogP contribution >= 0.6 is 24.0 Å². The molecule has 0 unspecified atom stereocenters. The van der Waals surface area contributed by atoms with Crippen LogP contribution in [0.4, 0.5) is 0 Å². The maximum atomic E-state index is 5.88. The molecule has 0 radical (unpaired) electrons. The monoisotopic (exact) mass is 263 g/mol. The molecule has 1 atom stereocenters. The van der Waals surface area contributed by atoms with Crippen LogP contribution < -0.4 is 10.1 Å². The molecule has 1 aromatic heterocycles. The van der Waals surface area contributed by atoms with Gasteiger partial charge in [0, 0.05) is 18.3 Å². The molecule has 6 heteroatoms. The summed E-state index contributed by atoms with van der Waals surface area (Å²) in [5.41, 5.74) is 0.866. The molecule has 4 nitrogen and oxygen atoms in total. The zero-order valence-electron chi connectivity index (χ0n) is 9.07. The van der Waals surface area contributed by atoms with Gasteiger partial charge in [-0.3, -0.25) is 0 Å². The highest BCUT2D eigenvalue weighted by Gasteiger charge is 2.15. The van der Waals surface area contributed by atoms with Crippen LogP contribution in [0.5, 0.6) is 6.01 Å². The molecule has 0 bridgehead atoms. The zero-order valence-corrected chi connectivity index (χ0v) is 10.6. The Labute approximate surface area is 106 Å². The van der Waals surface area contributed by atoms with E-state index in [0.717, 1.165) is 31.5 Å². The molecule has 90 valence electrons. The number of aromatic nitrogens is 2. The van der Waals surface area contributed by atoms with Gasteiger partial charge in [-0.1, -0.05) is 11.6 Å². The lowest BCUT2D eigenvalue weighted by Crippen LogP contribution is -2.37. The topological polar surface area (TPSA) is 47.0 Å². The minimum absolute atomic E-state index is 0. The van der Waals surface area contributed by atoms with E-state index < -0.39 is 0 Å². The standard InChI is InChI=1S/C10H14ClN3O.ClH/c1-7-5-13-10(14-9(7)11)15-8-3-2-4-12-6-8;/h5,8,12H,2-4,6H2,1H3;1H/t8-;/m1./s1. The molecular formula is C10H15Cl2N3O. The molecule has 2 heterocycles. The van der Waals surface area contributed by atoms with Crippen LogP contribution in [-0.2, 0) is 0 Å². The lowest BCUT2D eigenvalue weighted by atomic mass is 10.1. The van der Waals surface area contributed by atoms with E-state index >= 15 is 0 Å². The van der Waals surface area contributed by atoms with E-state index in [2.05, 4.69) is 15.3 Å². The van der Waals surface area contributed by atoms with Crippen molar-refractivity contribution in [3.8, 4) is 6.01 Å². The minimum Gasteiger partial charge on any atom is -0.459 e. The Bertz CT molecular complexity index is 343. The normalized spacial score (nSPS) is 20.0. The van der Waals surface area contributed by atoms with Crippen molar-refractivity contribution in [3.63, 3.8) is 0 Å². The lowest BCUT2D eigenvalue weighted by Gasteiger charge is -2.22. The fourth-order valence-electron chi connectivity index (χ4n) is 1.53. The van der Waals surface area contributed by atoms with Gasteiger partial charge in [0.15, 0.2) is 0 Å². The third-order valence-electron chi connectivity index (χ3n) is 2.41. The molecule has 0 aromatic carbocycles. The molecule has 1 N–H and O–H groups in total. The molecule has 0 amide bonds. The van der Waals surface area contributed by atoms with Crippen LogP contribution in [0.1, 0.15) is 18.4 Å². The van der Waals surface area contributed by atoms with Gasteiger partial charge in [0.25, 0.3) is 0 Å². The summed E-state index contributed by atoms with van der Waals surface area (Å²) in [6.07, 6.45) is 4.02. The zero-order chi connectivity index (χ0) is 10.7. The minimum atomic E-state index is 0. The molecule has 1 aromatic rings. The van der Waals surface area contributed by atoms with Gasteiger partial charge in [0.1, 0.15) is 11.3 Å². The number of hydrogen-bond donors (Lipinski definition) is 1.